The van der Waals surface area contributed by atoms with Crippen LogP contribution in [0, 0.1) is 0 Å². The number of aromatic nitrogens is 4. The number of tetrazole rings is 1. The Hall–Kier alpha value is -3.59. The lowest BCUT2D eigenvalue weighted by molar-refractivity contribution is -0.141. The van der Waals surface area contributed by atoms with E-state index in [1.807, 2.05) is 36.4 Å². The van der Waals surface area contributed by atoms with Crippen LogP contribution >= 0.6 is 0 Å². The fourth-order valence-electron chi connectivity index (χ4n) is 5.43. The van der Waals surface area contributed by atoms with Gasteiger partial charge in [-0.15, -0.1) is 5.10 Å². The number of nitrogens with zero attached hydrogens (tertiary/aromatic N) is 6. The molecule has 7 rings (SSSR count). The van der Waals surface area contributed by atoms with E-state index in [0.717, 1.165) is 55.7 Å². The molecule has 3 fully saturated rings. The SMILES string of the molecule is O=C1OCc2cc(CCN3CC4CCC3CN4C(=O)Cc3ccc(-n4cnnn4)cc3)ccc21. The van der Waals surface area contributed by atoms with Crippen molar-refractivity contribution in [2.75, 3.05) is 19.6 Å². The van der Waals surface area contributed by atoms with Gasteiger partial charge in [0.25, 0.3) is 0 Å². The van der Waals surface area contributed by atoms with Gasteiger partial charge in [-0.3, -0.25) is 9.69 Å². The number of piperidine rings is 2. The topological polar surface area (TPSA) is 93.5 Å². The first-order valence-corrected chi connectivity index (χ1v) is 11.8. The summed E-state index contributed by atoms with van der Waals surface area (Å²) in [7, 11) is 0. The Bertz CT molecular complexity index is 1210. The minimum Gasteiger partial charge on any atom is -0.457 e. The van der Waals surface area contributed by atoms with E-state index in [9.17, 15) is 9.59 Å². The zero-order valence-corrected chi connectivity index (χ0v) is 18.8. The summed E-state index contributed by atoms with van der Waals surface area (Å²) in [4.78, 5) is 29.4. The molecule has 1 aromatic heterocycles. The molecule has 0 N–H and O–H groups in total. The molecule has 5 heterocycles. The van der Waals surface area contributed by atoms with Crippen LogP contribution in [0.5, 0.6) is 0 Å². The molecule has 0 radical (unpaired) electrons. The van der Waals surface area contributed by atoms with Gasteiger partial charge >= 0.3 is 5.97 Å². The van der Waals surface area contributed by atoms with Crippen molar-refractivity contribution in [3.8, 4) is 5.69 Å². The average Bonchev–Trinajstić information content (AvgIpc) is 3.54. The van der Waals surface area contributed by atoms with Gasteiger partial charge in [-0.1, -0.05) is 24.3 Å². The van der Waals surface area contributed by atoms with Gasteiger partial charge in [-0.2, -0.15) is 0 Å². The maximum absolute atomic E-state index is 13.1. The van der Waals surface area contributed by atoms with E-state index in [0.29, 0.717) is 24.6 Å². The second-order valence-corrected chi connectivity index (χ2v) is 9.34. The van der Waals surface area contributed by atoms with Gasteiger partial charge in [0.15, 0.2) is 0 Å². The van der Waals surface area contributed by atoms with E-state index in [2.05, 4.69) is 31.4 Å². The zero-order chi connectivity index (χ0) is 23.1. The molecule has 2 aromatic carbocycles. The molecule has 9 nitrogen and oxygen atoms in total. The Morgan fingerprint density at radius 2 is 1.85 bits per heavy atom. The van der Waals surface area contributed by atoms with E-state index in [-0.39, 0.29) is 17.9 Å². The third-order valence-corrected chi connectivity index (χ3v) is 7.30. The van der Waals surface area contributed by atoms with Gasteiger partial charge in [-0.05, 0) is 59.0 Å². The van der Waals surface area contributed by atoms with Gasteiger partial charge in [0.1, 0.15) is 12.9 Å². The van der Waals surface area contributed by atoms with Crippen molar-refractivity contribution in [2.24, 2.45) is 0 Å². The fraction of sp³-hybridized carbons (Fsp3) is 0.400. The van der Waals surface area contributed by atoms with Crippen LogP contribution in [0.25, 0.3) is 5.69 Å². The average molecular weight is 459 g/mol. The quantitative estimate of drug-likeness (QED) is 0.520. The van der Waals surface area contributed by atoms with E-state index in [4.69, 9.17) is 4.74 Å². The van der Waals surface area contributed by atoms with Crippen molar-refractivity contribution in [3.05, 3.63) is 71.0 Å². The first-order chi connectivity index (χ1) is 16.6. The molecule has 3 saturated heterocycles. The molecule has 4 aliphatic rings. The van der Waals surface area contributed by atoms with Gasteiger partial charge in [0.2, 0.25) is 5.91 Å². The fourth-order valence-corrected chi connectivity index (χ4v) is 5.43. The number of cyclic esters (lactones) is 1. The molecule has 0 spiro atoms. The van der Waals surface area contributed by atoms with Crippen molar-refractivity contribution in [1.82, 2.24) is 30.0 Å². The highest BCUT2D eigenvalue weighted by molar-refractivity contribution is 5.93. The number of piperazine rings is 1. The lowest BCUT2D eigenvalue weighted by atomic mass is 9.89. The van der Waals surface area contributed by atoms with Crippen molar-refractivity contribution >= 4 is 11.9 Å². The van der Waals surface area contributed by atoms with Crippen LogP contribution in [-0.2, 0) is 29.0 Å². The highest BCUT2D eigenvalue weighted by Gasteiger charge is 2.40. The maximum atomic E-state index is 13.1. The summed E-state index contributed by atoms with van der Waals surface area (Å²) in [5, 5.41) is 11.2. The van der Waals surface area contributed by atoms with Crippen LogP contribution in [0.3, 0.4) is 0 Å². The molecule has 1 amide bonds. The van der Waals surface area contributed by atoms with Crippen molar-refractivity contribution < 1.29 is 14.3 Å². The van der Waals surface area contributed by atoms with Crippen LogP contribution in [0.2, 0.25) is 0 Å². The normalized spacial score (nSPS) is 21.5. The summed E-state index contributed by atoms with van der Waals surface area (Å²) in [6.45, 7) is 3.09. The Balaban J connectivity index is 1.05. The Morgan fingerprint density at radius 3 is 2.62 bits per heavy atom. The number of esters is 1. The number of hydrogen-bond donors (Lipinski definition) is 0. The summed E-state index contributed by atoms with van der Waals surface area (Å²) in [5.74, 6) is -0.0177. The second kappa shape index (κ2) is 8.64. The molecule has 34 heavy (non-hydrogen) atoms. The number of amides is 1. The molecule has 2 atom stereocenters. The first kappa shape index (κ1) is 21.0. The molecule has 2 unspecified atom stereocenters. The van der Waals surface area contributed by atoms with Crippen molar-refractivity contribution in [2.45, 2.75) is 44.4 Å². The highest BCUT2D eigenvalue weighted by Crippen LogP contribution is 2.30. The van der Waals surface area contributed by atoms with E-state index >= 15 is 0 Å². The Morgan fingerprint density at radius 1 is 1.03 bits per heavy atom. The highest BCUT2D eigenvalue weighted by atomic mass is 16.5. The summed E-state index contributed by atoms with van der Waals surface area (Å²) >= 11 is 0. The number of hydrogen-bond acceptors (Lipinski definition) is 7. The van der Waals surface area contributed by atoms with Crippen LogP contribution in [-0.4, -0.2) is 73.6 Å². The molecule has 3 aromatic rings. The number of rotatable bonds is 6. The molecule has 174 valence electrons. The third kappa shape index (κ3) is 3.96. The van der Waals surface area contributed by atoms with Gasteiger partial charge in [0.05, 0.1) is 17.7 Å². The predicted octanol–water partition coefficient (Wildman–Crippen LogP) is 1.79. The number of ether oxygens (including phenoxy) is 1. The molecular weight excluding hydrogens is 432 g/mol. The third-order valence-electron chi connectivity index (χ3n) is 7.30. The molecule has 2 bridgehead atoms. The lowest BCUT2D eigenvalue weighted by Crippen LogP contribution is -2.64. The summed E-state index contributed by atoms with van der Waals surface area (Å²) < 4.78 is 6.71. The summed E-state index contributed by atoms with van der Waals surface area (Å²) in [6, 6.07) is 14.5. The first-order valence-electron chi connectivity index (χ1n) is 11.8. The maximum Gasteiger partial charge on any atom is 0.338 e. The Labute approximate surface area is 197 Å². The zero-order valence-electron chi connectivity index (χ0n) is 18.8. The number of carbonyl (C=O) groups excluding carboxylic acids is 2. The van der Waals surface area contributed by atoms with Crippen LogP contribution in [0.15, 0.2) is 48.8 Å². The van der Waals surface area contributed by atoms with Gasteiger partial charge < -0.3 is 9.64 Å². The Kier molecular flexibility index (Phi) is 5.33. The van der Waals surface area contributed by atoms with Gasteiger partial charge in [0, 0.05) is 37.3 Å². The van der Waals surface area contributed by atoms with E-state index in [1.165, 1.54) is 5.56 Å². The molecule has 0 saturated carbocycles. The molecule has 9 heteroatoms. The predicted molar refractivity (Wildman–Crippen MR) is 122 cm³/mol. The van der Waals surface area contributed by atoms with E-state index in [1.54, 1.807) is 11.0 Å². The lowest BCUT2D eigenvalue weighted by Gasteiger charge is -2.51. The summed E-state index contributed by atoms with van der Waals surface area (Å²) in [6.07, 6.45) is 5.11. The number of fused-ring (bicyclic) bond motifs is 4. The summed E-state index contributed by atoms with van der Waals surface area (Å²) in [5.41, 5.74) is 4.79. The van der Waals surface area contributed by atoms with Crippen molar-refractivity contribution in [3.63, 3.8) is 0 Å². The van der Waals surface area contributed by atoms with Crippen LogP contribution in [0.4, 0.5) is 0 Å². The standard InChI is InChI=1S/C25H26N6O3/c32-24(12-17-1-4-20(5-2-17)31-16-26-27-28-31)30-14-21-6-7-22(30)13-29(21)10-9-18-3-8-23-19(11-18)15-34-25(23)33/h1-5,8,11,16,21-22H,6-7,9-10,12-15H2. The number of benzene rings is 2. The minimum atomic E-state index is -0.219. The van der Waals surface area contributed by atoms with Crippen LogP contribution in [0.1, 0.15) is 39.9 Å². The molecule has 0 aliphatic carbocycles. The molecule has 4 aliphatic heterocycles. The largest absolute Gasteiger partial charge is 0.457 e. The minimum absolute atomic E-state index is 0.202. The molecular formula is C25H26N6O3. The van der Waals surface area contributed by atoms with Gasteiger partial charge in [-0.25, -0.2) is 9.48 Å². The van der Waals surface area contributed by atoms with Crippen molar-refractivity contribution in [1.29, 1.82) is 0 Å². The smallest absolute Gasteiger partial charge is 0.338 e. The van der Waals surface area contributed by atoms with Crippen LogP contribution < -0.4 is 0 Å². The number of carbonyl (C=O) groups is 2. The monoisotopic (exact) mass is 458 g/mol. The van der Waals surface area contributed by atoms with E-state index < -0.39 is 0 Å². The second-order valence-electron chi connectivity index (χ2n) is 9.34.